The third-order valence-corrected chi connectivity index (χ3v) is 4.69. The van der Waals surface area contributed by atoms with E-state index >= 15 is 0 Å². The van der Waals surface area contributed by atoms with Gasteiger partial charge in [-0.05, 0) is 44.4 Å². The fourth-order valence-electron chi connectivity index (χ4n) is 3.20. The molecule has 0 aromatic heterocycles. The summed E-state index contributed by atoms with van der Waals surface area (Å²) in [5.41, 5.74) is 0.658. The summed E-state index contributed by atoms with van der Waals surface area (Å²) in [5, 5.41) is 4.19. The largest absolute Gasteiger partial charge is 0.337 e. The Morgan fingerprint density at radius 2 is 2.14 bits per heavy atom. The van der Waals surface area contributed by atoms with Crippen molar-refractivity contribution in [3.05, 3.63) is 34.9 Å². The first-order chi connectivity index (χ1) is 10.1. The Hall–Kier alpha value is -1.06. The monoisotopic (exact) mass is 308 g/mol. The van der Waals surface area contributed by atoms with E-state index in [0.29, 0.717) is 13.1 Å². The molecule has 1 saturated heterocycles. The molecule has 1 fully saturated rings. The molecule has 2 rings (SSSR count). The molecule has 1 aromatic rings. The zero-order chi connectivity index (χ0) is 15.3. The molecule has 1 unspecified atom stereocenters. The molecule has 4 heteroatoms. The summed E-state index contributed by atoms with van der Waals surface area (Å²) >= 11 is 6.23. The topological polar surface area (TPSA) is 32.3 Å². The SMILES string of the molecule is CCCC1(C(=O)N(CC)Cc2ccccc2Cl)CCCN1. The van der Waals surface area contributed by atoms with Crippen molar-refractivity contribution in [1.82, 2.24) is 10.2 Å². The number of amides is 1. The van der Waals surface area contributed by atoms with Crippen LogP contribution in [0, 0.1) is 0 Å². The van der Waals surface area contributed by atoms with Crippen molar-refractivity contribution in [2.75, 3.05) is 13.1 Å². The molecule has 3 nitrogen and oxygen atoms in total. The fraction of sp³-hybridized carbons (Fsp3) is 0.588. The second-order valence-corrected chi connectivity index (χ2v) is 6.18. The van der Waals surface area contributed by atoms with E-state index in [4.69, 9.17) is 11.6 Å². The third-order valence-electron chi connectivity index (χ3n) is 4.32. The zero-order valence-corrected chi connectivity index (χ0v) is 13.7. The molecular weight excluding hydrogens is 284 g/mol. The van der Waals surface area contributed by atoms with Crippen molar-refractivity contribution >= 4 is 17.5 Å². The summed E-state index contributed by atoms with van der Waals surface area (Å²) in [6.45, 7) is 6.40. The molecule has 1 aliphatic heterocycles. The number of halogens is 1. The van der Waals surface area contributed by atoms with Gasteiger partial charge in [0, 0.05) is 18.1 Å². The Balaban J connectivity index is 2.16. The highest BCUT2D eigenvalue weighted by Crippen LogP contribution is 2.28. The van der Waals surface area contributed by atoms with E-state index in [1.807, 2.05) is 36.1 Å². The van der Waals surface area contributed by atoms with Crippen LogP contribution in [0.15, 0.2) is 24.3 Å². The van der Waals surface area contributed by atoms with Gasteiger partial charge >= 0.3 is 0 Å². The summed E-state index contributed by atoms with van der Waals surface area (Å²) in [6, 6.07) is 7.76. The van der Waals surface area contributed by atoms with E-state index in [0.717, 1.165) is 42.8 Å². The molecule has 21 heavy (non-hydrogen) atoms. The maximum absolute atomic E-state index is 13.0. The van der Waals surface area contributed by atoms with Crippen LogP contribution >= 0.6 is 11.6 Å². The Morgan fingerprint density at radius 3 is 2.71 bits per heavy atom. The number of likely N-dealkylation sites (N-methyl/N-ethyl adjacent to an activating group) is 1. The Labute approximate surface area is 132 Å². The molecule has 0 spiro atoms. The predicted octanol–water partition coefficient (Wildman–Crippen LogP) is 3.61. The lowest BCUT2D eigenvalue weighted by Crippen LogP contribution is -2.54. The number of benzene rings is 1. The van der Waals surface area contributed by atoms with E-state index in [1.165, 1.54) is 0 Å². The summed E-state index contributed by atoms with van der Waals surface area (Å²) in [5.74, 6) is 0.226. The van der Waals surface area contributed by atoms with E-state index in [1.54, 1.807) is 0 Å². The molecule has 1 aliphatic rings. The number of nitrogens with zero attached hydrogens (tertiary/aromatic N) is 1. The zero-order valence-electron chi connectivity index (χ0n) is 13.0. The van der Waals surface area contributed by atoms with Crippen LogP contribution in [0.2, 0.25) is 5.02 Å². The van der Waals surface area contributed by atoms with Crippen molar-refractivity contribution < 1.29 is 4.79 Å². The number of rotatable bonds is 6. The van der Waals surface area contributed by atoms with E-state index in [2.05, 4.69) is 12.2 Å². The average molecular weight is 309 g/mol. The van der Waals surface area contributed by atoms with Crippen molar-refractivity contribution in [2.45, 2.75) is 51.6 Å². The van der Waals surface area contributed by atoms with Gasteiger partial charge in [0.1, 0.15) is 0 Å². The molecule has 0 saturated carbocycles. The maximum Gasteiger partial charge on any atom is 0.243 e. The van der Waals surface area contributed by atoms with E-state index in [9.17, 15) is 4.79 Å². The van der Waals surface area contributed by atoms with Crippen LogP contribution in [0.25, 0.3) is 0 Å². The fourth-order valence-corrected chi connectivity index (χ4v) is 3.39. The minimum Gasteiger partial charge on any atom is -0.337 e. The van der Waals surface area contributed by atoms with Crippen LogP contribution in [-0.2, 0) is 11.3 Å². The van der Waals surface area contributed by atoms with E-state index in [-0.39, 0.29) is 11.4 Å². The summed E-state index contributed by atoms with van der Waals surface area (Å²) < 4.78 is 0. The number of nitrogens with one attached hydrogen (secondary N) is 1. The second-order valence-electron chi connectivity index (χ2n) is 5.77. The summed E-state index contributed by atoms with van der Waals surface area (Å²) in [7, 11) is 0. The van der Waals surface area contributed by atoms with Crippen molar-refractivity contribution in [3.63, 3.8) is 0 Å². The van der Waals surface area contributed by atoms with Crippen molar-refractivity contribution in [2.24, 2.45) is 0 Å². The molecule has 1 atom stereocenters. The van der Waals surface area contributed by atoms with Crippen LogP contribution in [0.3, 0.4) is 0 Å². The lowest BCUT2D eigenvalue weighted by molar-refractivity contribution is -0.138. The molecule has 0 aliphatic carbocycles. The highest BCUT2D eigenvalue weighted by Gasteiger charge is 2.42. The molecule has 0 bridgehead atoms. The minimum atomic E-state index is -0.355. The van der Waals surface area contributed by atoms with Gasteiger partial charge in [0.25, 0.3) is 0 Å². The highest BCUT2D eigenvalue weighted by molar-refractivity contribution is 6.31. The molecule has 1 amide bonds. The summed E-state index contributed by atoms with van der Waals surface area (Å²) in [4.78, 5) is 15.0. The van der Waals surface area contributed by atoms with Crippen LogP contribution in [0.5, 0.6) is 0 Å². The maximum atomic E-state index is 13.0. The quantitative estimate of drug-likeness (QED) is 0.870. The van der Waals surface area contributed by atoms with Gasteiger partial charge in [-0.2, -0.15) is 0 Å². The molecule has 116 valence electrons. The first-order valence-electron chi connectivity index (χ1n) is 7.90. The number of hydrogen-bond donors (Lipinski definition) is 1. The molecule has 1 aromatic carbocycles. The Kier molecular flexibility index (Phi) is 5.65. The van der Waals surface area contributed by atoms with Crippen LogP contribution in [-0.4, -0.2) is 29.4 Å². The van der Waals surface area contributed by atoms with Crippen LogP contribution < -0.4 is 5.32 Å². The molecule has 1 N–H and O–H groups in total. The number of carbonyl (C=O) groups is 1. The average Bonchev–Trinajstić information content (AvgIpc) is 2.96. The van der Waals surface area contributed by atoms with E-state index < -0.39 is 0 Å². The van der Waals surface area contributed by atoms with Gasteiger partial charge in [0.15, 0.2) is 0 Å². The van der Waals surface area contributed by atoms with Gasteiger partial charge in [-0.25, -0.2) is 0 Å². The smallest absolute Gasteiger partial charge is 0.243 e. The number of hydrogen-bond acceptors (Lipinski definition) is 2. The van der Waals surface area contributed by atoms with Gasteiger partial charge in [0.2, 0.25) is 5.91 Å². The van der Waals surface area contributed by atoms with Crippen molar-refractivity contribution in [1.29, 1.82) is 0 Å². The number of carbonyl (C=O) groups excluding carboxylic acids is 1. The summed E-state index contributed by atoms with van der Waals surface area (Å²) in [6.07, 6.45) is 3.95. The van der Waals surface area contributed by atoms with Crippen LogP contribution in [0.1, 0.15) is 45.1 Å². The third kappa shape index (κ3) is 3.58. The normalized spacial score (nSPS) is 21.5. The Morgan fingerprint density at radius 1 is 1.38 bits per heavy atom. The molecular formula is C17H25ClN2O. The lowest BCUT2D eigenvalue weighted by atomic mass is 9.90. The highest BCUT2D eigenvalue weighted by atomic mass is 35.5. The molecule has 1 heterocycles. The first kappa shape index (κ1) is 16.3. The minimum absolute atomic E-state index is 0.226. The molecule has 0 radical (unpaired) electrons. The Bertz CT molecular complexity index is 483. The van der Waals surface area contributed by atoms with Gasteiger partial charge in [-0.3, -0.25) is 4.79 Å². The van der Waals surface area contributed by atoms with Crippen molar-refractivity contribution in [3.8, 4) is 0 Å². The second kappa shape index (κ2) is 7.28. The first-order valence-corrected chi connectivity index (χ1v) is 8.28. The van der Waals surface area contributed by atoms with Gasteiger partial charge in [0.05, 0.1) is 5.54 Å². The lowest BCUT2D eigenvalue weighted by Gasteiger charge is -2.34. The van der Waals surface area contributed by atoms with Crippen LogP contribution in [0.4, 0.5) is 0 Å². The van der Waals surface area contributed by atoms with Gasteiger partial charge in [-0.15, -0.1) is 0 Å². The predicted molar refractivity (Wildman–Crippen MR) is 87.4 cm³/mol. The van der Waals surface area contributed by atoms with Gasteiger partial charge < -0.3 is 10.2 Å². The standard InChI is InChI=1S/C17H25ClN2O/c1-3-10-17(11-7-12-19-17)16(21)20(4-2)13-14-8-5-6-9-15(14)18/h5-6,8-9,19H,3-4,7,10-13H2,1-2H3. The van der Waals surface area contributed by atoms with Gasteiger partial charge in [-0.1, -0.05) is 43.1 Å².